The summed E-state index contributed by atoms with van der Waals surface area (Å²) in [5, 5.41) is 8.69. The fourth-order valence-electron chi connectivity index (χ4n) is 1.43. The van der Waals surface area contributed by atoms with Gasteiger partial charge in [-0.15, -0.1) is 0 Å². The van der Waals surface area contributed by atoms with Crippen molar-refractivity contribution in [2.24, 2.45) is 0 Å². The molecule has 0 radical (unpaired) electrons. The molecule has 0 aliphatic heterocycles. The van der Waals surface area contributed by atoms with Crippen molar-refractivity contribution in [3.05, 3.63) is 66.2 Å². The van der Waals surface area contributed by atoms with Crippen LogP contribution in [0.1, 0.15) is 5.56 Å². The van der Waals surface area contributed by atoms with Gasteiger partial charge in [-0.25, -0.2) is 4.79 Å². The van der Waals surface area contributed by atoms with Crippen molar-refractivity contribution in [2.75, 3.05) is 11.9 Å². The standard InChI is InChI=1S/C9H11NO2.C6H6/c1-7-5-3-4-6-8(7)10(2)9(11)12;1-2-4-6-5-3-1/h3-6H,1-2H3,(H,11,12);1-6H. The Kier molecular flexibility index (Phi) is 5.45. The van der Waals surface area contributed by atoms with Crippen LogP contribution in [-0.2, 0) is 0 Å². The Morgan fingerprint density at radius 2 is 1.39 bits per heavy atom. The molecule has 94 valence electrons. The van der Waals surface area contributed by atoms with E-state index < -0.39 is 6.09 Å². The summed E-state index contributed by atoms with van der Waals surface area (Å²) < 4.78 is 0. The van der Waals surface area contributed by atoms with Crippen LogP contribution in [0.2, 0.25) is 0 Å². The van der Waals surface area contributed by atoms with Crippen molar-refractivity contribution in [1.82, 2.24) is 0 Å². The highest BCUT2D eigenvalue weighted by molar-refractivity contribution is 5.86. The lowest BCUT2D eigenvalue weighted by Gasteiger charge is -2.14. The van der Waals surface area contributed by atoms with Crippen LogP contribution < -0.4 is 4.90 Å². The second-order valence-corrected chi connectivity index (χ2v) is 3.78. The summed E-state index contributed by atoms with van der Waals surface area (Å²) >= 11 is 0. The molecule has 1 N–H and O–H groups in total. The Labute approximate surface area is 107 Å². The molecule has 0 bridgehead atoms. The van der Waals surface area contributed by atoms with Crippen LogP contribution in [0, 0.1) is 6.92 Å². The number of aryl methyl sites for hydroxylation is 1. The fraction of sp³-hybridized carbons (Fsp3) is 0.133. The van der Waals surface area contributed by atoms with Crippen LogP contribution in [0.3, 0.4) is 0 Å². The Bertz CT molecular complexity index is 456. The van der Waals surface area contributed by atoms with E-state index >= 15 is 0 Å². The normalized spacial score (nSPS) is 9.00. The fourth-order valence-corrected chi connectivity index (χ4v) is 1.43. The molecule has 0 heterocycles. The molecule has 0 saturated carbocycles. The third-order valence-corrected chi connectivity index (χ3v) is 2.43. The molecule has 0 aliphatic carbocycles. The van der Waals surface area contributed by atoms with Crippen LogP contribution in [0.15, 0.2) is 60.7 Å². The van der Waals surface area contributed by atoms with Crippen molar-refractivity contribution < 1.29 is 9.90 Å². The van der Waals surface area contributed by atoms with Crippen molar-refractivity contribution in [3.8, 4) is 0 Å². The predicted octanol–water partition coefficient (Wildman–Crippen LogP) is 3.80. The van der Waals surface area contributed by atoms with Gasteiger partial charge in [-0.05, 0) is 18.6 Å². The highest BCUT2D eigenvalue weighted by Gasteiger charge is 2.09. The molecule has 2 aromatic rings. The third kappa shape index (κ3) is 4.29. The molecule has 2 aromatic carbocycles. The Hall–Kier alpha value is -2.29. The molecule has 0 fully saturated rings. The number of nitrogens with zero attached hydrogens (tertiary/aromatic N) is 1. The van der Waals surface area contributed by atoms with Gasteiger partial charge in [0.2, 0.25) is 0 Å². The quantitative estimate of drug-likeness (QED) is 0.827. The number of anilines is 1. The van der Waals surface area contributed by atoms with Crippen LogP contribution in [0.25, 0.3) is 0 Å². The van der Waals surface area contributed by atoms with Gasteiger partial charge in [0.15, 0.2) is 0 Å². The maximum Gasteiger partial charge on any atom is 0.411 e. The van der Waals surface area contributed by atoms with E-state index in [0.717, 1.165) is 11.3 Å². The van der Waals surface area contributed by atoms with Crippen LogP contribution in [0.4, 0.5) is 10.5 Å². The number of amides is 1. The highest BCUT2D eigenvalue weighted by atomic mass is 16.4. The number of carboxylic acid groups (broad SMARTS) is 1. The Morgan fingerprint density at radius 1 is 0.944 bits per heavy atom. The first kappa shape index (κ1) is 13.8. The zero-order valence-corrected chi connectivity index (χ0v) is 10.6. The zero-order valence-electron chi connectivity index (χ0n) is 10.6. The lowest BCUT2D eigenvalue weighted by Crippen LogP contribution is -2.24. The number of hydrogen-bond acceptors (Lipinski definition) is 1. The van der Waals surface area contributed by atoms with E-state index in [2.05, 4.69) is 0 Å². The monoisotopic (exact) mass is 243 g/mol. The molecule has 0 spiro atoms. The second kappa shape index (κ2) is 7.12. The molecule has 18 heavy (non-hydrogen) atoms. The first-order chi connectivity index (χ1) is 8.63. The van der Waals surface area contributed by atoms with E-state index in [1.165, 1.54) is 11.9 Å². The van der Waals surface area contributed by atoms with Gasteiger partial charge in [-0.3, -0.25) is 4.90 Å². The Morgan fingerprint density at radius 3 is 1.78 bits per heavy atom. The molecule has 0 aliphatic rings. The van der Waals surface area contributed by atoms with Gasteiger partial charge in [0, 0.05) is 12.7 Å². The smallest absolute Gasteiger partial charge is 0.411 e. The predicted molar refractivity (Wildman–Crippen MR) is 74.0 cm³/mol. The highest BCUT2D eigenvalue weighted by Crippen LogP contribution is 2.17. The van der Waals surface area contributed by atoms with Crippen molar-refractivity contribution in [2.45, 2.75) is 6.92 Å². The molecule has 3 nitrogen and oxygen atoms in total. The molecule has 0 unspecified atom stereocenters. The van der Waals surface area contributed by atoms with E-state index in [4.69, 9.17) is 5.11 Å². The third-order valence-electron chi connectivity index (χ3n) is 2.43. The maximum absolute atomic E-state index is 10.6. The van der Waals surface area contributed by atoms with Gasteiger partial charge in [0.1, 0.15) is 0 Å². The Balaban J connectivity index is 0.000000225. The minimum atomic E-state index is -0.940. The van der Waals surface area contributed by atoms with E-state index in [-0.39, 0.29) is 0 Å². The molecular formula is C15H17NO2. The second-order valence-electron chi connectivity index (χ2n) is 3.78. The number of rotatable bonds is 1. The molecule has 1 amide bonds. The molecule has 0 aromatic heterocycles. The lowest BCUT2D eigenvalue weighted by molar-refractivity contribution is 0.203. The minimum absolute atomic E-state index is 0.727. The molecule has 3 heteroatoms. The SMILES string of the molecule is Cc1ccccc1N(C)C(=O)O.c1ccccc1. The van der Waals surface area contributed by atoms with Crippen LogP contribution >= 0.6 is 0 Å². The van der Waals surface area contributed by atoms with Crippen LogP contribution in [-0.4, -0.2) is 18.2 Å². The summed E-state index contributed by atoms with van der Waals surface area (Å²) in [6.07, 6.45) is -0.940. The first-order valence-electron chi connectivity index (χ1n) is 5.65. The van der Waals surface area contributed by atoms with Gasteiger partial charge in [0.05, 0.1) is 0 Å². The summed E-state index contributed by atoms with van der Waals surface area (Å²) in [6, 6.07) is 19.4. The zero-order chi connectivity index (χ0) is 13.4. The number of para-hydroxylation sites is 1. The first-order valence-corrected chi connectivity index (χ1v) is 5.65. The maximum atomic E-state index is 10.6. The summed E-state index contributed by atoms with van der Waals surface area (Å²) in [5.41, 5.74) is 1.69. The van der Waals surface area contributed by atoms with Crippen LogP contribution in [0.5, 0.6) is 0 Å². The molecule has 2 rings (SSSR count). The van der Waals surface area contributed by atoms with Crippen molar-refractivity contribution in [1.29, 1.82) is 0 Å². The van der Waals surface area contributed by atoms with E-state index in [0.29, 0.717) is 0 Å². The van der Waals surface area contributed by atoms with Gasteiger partial charge < -0.3 is 5.11 Å². The number of carbonyl (C=O) groups is 1. The molecule has 0 atom stereocenters. The molecule has 0 saturated heterocycles. The average Bonchev–Trinajstić information content (AvgIpc) is 2.41. The number of benzene rings is 2. The topological polar surface area (TPSA) is 40.5 Å². The van der Waals surface area contributed by atoms with E-state index in [1.807, 2.05) is 61.5 Å². The summed E-state index contributed by atoms with van der Waals surface area (Å²) in [4.78, 5) is 11.8. The minimum Gasteiger partial charge on any atom is -0.465 e. The van der Waals surface area contributed by atoms with E-state index in [1.54, 1.807) is 6.07 Å². The summed E-state index contributed by atoms with van der Waals surface area (Å²) in [7, 11) is 1.53. The van der Waals surface area contributed by atoms with E-state index in [9.17, 15) is 4.79 Å². The van der Waals surface area contributed by atoms with Crippen molar-refractivity contribution >= 4 is 11.8 Å². The van der Waals surface area contributed by atoms with Gasteiger partial charge in [0.25, 0.3) is 0 Å². The summed E-state index contributed by atoms with van der Waals surface area (Å²) in [6.45, 7) is 1.88. The summed E-state index contributed by atoms with van der Waals surface area (Å²) in [5.74, 6) is 0. The van der Waals surface area contributed by atoms with Gasteiger partial charge in [-0.2, -0.15) is 0 Å². The number of hydrogen-bond donors (Lipinski definition) is 1. The molecular weight excluding hydrogens is 226 g/mol. The lowest BCUT2D eigenvalue weighted by atomic mass is 10.2. The van der Waals surface area contributed by atoms with Gasteiger partial charge in [-0.1, -0.05) is 54.6 Å². The van der Waals surface area contributed by atoms with Gasteiger partial charge >= 0.3 is 6.09 Å². The van der Waals surface area contributed by atoms with Crippen molar-refractivity contribution in [3.63, 3.8) is 0 Å². The average molecular weight is 243 g/mol. The largest absolute Gasteiger partial charge is 0.465 e.